The largest absolute Gasteiger partial charge is 0.481 e. The number of aromatic amines is 1. The summed E-state index contributed by atoms with van der Waals surface area (Å²) >= 11 is 0. The number of amides is 1. The van der Waals surface area contributed by atoms with Crippen molar-refractivity contribution in [3.8, 4) is 11.4 Å². The average molecular weight is 357 g/mol. The number of halogens is 3. The van der Waals surface area contributed by atoms with Gasteiger partial charge in [0.05, 0.1) is 12.8 Å². The zero-order chi connectivity index (χ0) is 18.4. The summed E-state index contributed by atoms with van der Waals surface area (Å²) in [5, 5.41) is 0.894. The van der Waals surface area contributed by atoms with Crippen LogP contribution >= 0.6 is 0 Å². The molecule has 0 saturated carbocycles. The third-order valence-corrected chi connectivity index (χ3v) is 3.42. The van der Waals surface area contributed by atoms with Gasteiger partial charge in [0.1, 0.15) is 17.1 Å². The molecule has 1 aromatic heterocycles. The first kappa shape index (κ1) is 16.8. The zero-order valence-electron chi connectivity index (χ0n) is 12.6. The summed E-state index contributed by atoms with van der Waals surface area (Å²) in [6.07, 6.45) is -4.86. The number of hydroxylamine groups is 1. The molecule has 1 amide bonds. The van der Waals surface area contributed by atoms with Gasteiger partial charge in [-0.3, -0.25) is 14.4 Å². The first-order valence-electron chi connectivity index (χ1n) is 6.80. The van der Waals surface area contributed by atoms with E-state index < -0.39 is 29.0 Å². The molecule has 0 bridgehead atoms. The average Bonchev–Trinajstić information content (AvgIpc) is 2.53. The zero-order valence-corrected chi connectivity index (χ0v) is 12.6. The number of carbonyl (C=O) groups is 1. The molecule has 0 saturated heterocycles. The van der Waals surface area contributed by atoms with Gasteiger partial charge in [-0.15, -0.1) is 0 Å². The minimum Gasteiger partial charge on any atom is -0.481 e. The molecule has 1 aliphatic heterocycles. The highest BCUT2D eigenvalue weighted by molar-refractivity contribution is 5.96. The van der Waals surface area contributed by atoms with E-state index in [0.29, 0.717) is 4.57 Å². The van der Waals surface area contributed by atoms with Crippen LogP contribution in [0.5, 0.6) is 5.75 Å². The number of anilines is 1. The van der Waals surface area contributed by atoms with E-state index in [2.05, 4.69) is 0 Å². The van der Waals surface area contributed by atoms with Crippen LogP contribution < -0.4 is 21.0 Å². The molecule has 2 aromatic rings. The van der Waals surface area contributed by atoms with Gasteiger partial charge < -0.3 is 9.72 Å². The van der Waals surface area contributed by atoms with Crippen LogP contribution in [0, 0.1) is 0 Å². The molecule has 0 atom stereocenters. The Hall–Kier alpha value is -3.08. The van der Waals surface area contributed by atoms with Crippen molar-refractivity contribution in [3.05, 3.63) is 50.8 Å². The summed E-state index contributed by atoms with van der Waals surface area (Å²) in [5.74, 6) is -0.276. The summed E-state index contributed by atoms with van der Waals surface area (Å²) in [7, 11) is 1.23. The Balaban J connectivity index is 2.16. The minimum absolute atomic E-state index is 0.0564. The Bertz CT molecular complexity index is 932. The lowest BCUT2D eigenvalue weighted by Gasteiger charge is -2.27. The number of ether oxygens (including phenoxy) is 1. The summed E-state index contributed by atoms with van der Waals surface area (Å²) in [5.41, 5.74) is -3.84. The van der Waals surface area contributed by atoms with Crippen molar-refractivity contribution in [1.29, 1.82) is 0 Å². The van der Waals surface area contributed by atoms with Crippen molar-refractivity contribution < 1.29 is 27.5 Å². The van der Waals surface area contributed by atoms with Gasteiger partial charge in [0.2, 0.25) is 0 Å². The normalized spacial score (nSPS) is 14.2. The molecule has 0 unspecified atom stereocenters. The van der Waals surface area contributed by atoms with E-state index in [1.54, 1.807) is 4.98 Å². The maximum atomic E-state index is 12.7. The molecule has 1 N–H and O–H groups in total. The van der Waals surface area contributed by atoms with E-state index in [4.69, 9.17) is 9.57 Å². The van der Waals surface area contributed by atoms with Crippen LogP contribution in [0.15, 0.2) is 33.9 Å². The SMILES string of the molecule is CON1C(=O)COc2ccc(-n3c(=O)cc(C(F)(F)F)[nH]c3=O)cc21. The number of rotatable bonds is 2. The lowest BCUT2D eigenvalue weighted by atomic mass is 10.2. The topological polar surface area (TPSA) is 93.6 Å². The van der Waals surface area contributed by atoms with Gasteiger partial charge >= 0.3 is 11.9 Å². The van der Waals surface area contributed by atoms with Gasteiger partial charge in [-0.1, -0.05) is 0 Å². The number of fused-ring (bicyclic) bond motifs is 1. The van der Waals surface area contributed by atoms with Crippen molar-refractivity contribution in [1.82, 2.24) is 9.55 Å². The number of benzene rings is 1. The summed E-state index contributed by atoms with van der Waals surface area (Å²) < 4.78 is 43.6. The molecule has 0 aliphatic carbocycles. The Morgan fingerprint density at radius 3 is 2.52 bits per heavy atom. The van der Waals surface area contributed by atoms with Crippen LogP contribution in [0.3, 0.4) is 0 Å². The van der Waals surface area contributed by atoms with Crippen molar-refractivity contribution in [3.63, 3.8) is 0 Å². The quantitative estimate of drug-likeness (QED) is 0.859. The fraction of sp³-hybridized carbons (Fsp3) is 0.214. The number of aromatic nitrogens is 2. The fourth-order valence-electron chi connectivity index (χ4n) is 2.35. The predicted octanol–water partition coefficient (Wildman–Crippen LogP) is 0.831. The summed E-state index contributed by atoms with van der Waals surface area (Å²) in [6, 6.07) is 4.16. The molecule has 2 heterocycles. The highest BCUT2D eigenvalue weighted by Crippen LogP contribution is 2.33. The lowest BCUT2D eigenvalue weighted by Crippen LogP contribution is -2.39. The second-order valence-electron chi connectivity index (χ2n) is 4.97. The van der Waals surface area contributed by atoms with Crippen LogP contribution in [0.25, 0.3) is 5.69 Å². The van der Waals surface area contributed by atoms with Crippen molar-refractivity contribution in [2.45, 2.75) is 6.18 Å². The molecular weight excluding hydrogens is 347 g/mol. The smallest absolute Gasteiger partial charge is 0.431 e. The number of hydrogen-bond donors (Lipinski definition) is 1. The number of hydrogen-bond acceptors (Lipinski definition) is 5. The number of nitrogens with zero attached hydrogens (tertiary/aromatic N) is 2. The van der Waals surface area contributed by atoms with Gasteiger partial charge in [0.25, 0.3) is 11.5 Å². The van der Waals surface area contributed by atoms with E-state index in [1.165, 1.54) is 25.3 Å². The van der Waals surface area contributed by atoms with Crippen LogP contribution in [-0.2, 0) is 15.8 Å². The standard InChI is InChI=1S/C14H10F3N3O5/c1-24-20-8-4-7(2-3-9(8)25-6-12(20)22)19-11(21)5-10(14(15,16)17)18-13(19)23/h2-5H,6H2,1H3,(H,18,23). The summed E-state index contributed by atoms with van der Waals surface area (Å²) in [4.78, 5) is 42.2. The third-order valence-electron chi connectivity index (χ3n) is 3.42. The van der Waals surface area contributed by atoms with Crippen LogP contribution in [0.1, 0.15) is 5.69 Å². The first-order chi connectivity index (χ1) is 11.7. The van der Waals surface area contributed by atoms with Crippen LogP contribution in [-0.4, -0.2) is 29.2 Å². The molecular formula is C14H10F3N3O5. The maximum absolute atomic E-state index is 12.7. The first-order valence-corrected chi connectivity index (χ1v) is 6.80. The molecule has 8 nitrogen and oxygen atoms in total. The van der Waals surface area contributed by atoms with Crippen molar-refractivity contribution in [2.75, 3.05) is 18.8 Å². The Kier molecular flexibility index (Phi) is 3.87. The van der Waals surface area contributed by atoms with Crippen molar-refractivity contribution in [2.24, 2.45) is 0 Å². The number of alkyl halides is 3. The Morgan fingerprint density at radius 2 is 1.92 bits per heavy atom. The molecule has 3 rings (SSSR count). The summed E-state index contributed by atoms with van der Waals surface area (Å²) in [6.45, 7) is -0.263. The molecule has 25 heavy (non-hydrogen) atoms. The molecule has 132 valence electrons. The van der Waals surface area contributed by atoms with E-state index in [-0.39, 0.29) is 29.8 Å². The van der Waals surface area contributed by atoms with Gasteiger partial charge in [0, 0.05) is 6.07 Å². The van der Waals surface area contributed by atoms with Crippen LogP contribution in [0.2, 0.25) is 0 Å². The number of carbonyl (C=O) groups excluding carboxylic acids is 1. The molecule has 1 aromatic carbocycles. The Morgan fingerprint density at radius 1 is 1.20 bits per heavy atom. The lowest BCUT2D eigenvalue weighted by molar-refractivity contribution is -0.141. The highest BCUT2D eigenvalue weighted by Gasteiger charge is 2.33. The van der Waals surface area contributed by atoms with E-state index in [9.17, 15) is 27.6 Å². The highest BCUT2D eigenvalue weighted by atomic mass is 19.4. The molecule has 11 heteroatoms. The van der Waals surface area contributed by atoms with Gasteiger partial charge in [0.15, 0.2) is 6.61 Å². The van der Waals surface area contributed by atoms with Gasteiger partial charge in [-0.05, 0) is 18.2 Å². The minimum atomic E-state index is -4.86. The molecule has 0 spiro atoms. The van der Waals surface area contributed by atoms with Crippen LogP contribution in [0.4, 0.5) is 18.9 Å². The van der Waals surface area contributed by atoms with Gasteiger partial charge in [-0.25, -0.2) is 9.36 Å². The number of nitrogens with one attached hydrogen (secondary N) is 1. The Labute approximate surface area is 137 Å². The molecule has 0 radical (unpaired) electrons. The third kappa shape index (κ3) is 2.89. The maximum Gasteiger partial charge on any atom is 0.431 e. The second kappa shape index (κ2) is 5.77. The van der Waals surface area contributed by atoms with Crippen molar-refractivity contribution >= 4 is 11.6 Å². The molecule has 0 fully saturated rings. The predicted molar refractivity (Wildman–Crippen MR) is 77.7 cm³/mol. The second-order valence-corrected chi connectivity index (χ2v) is 4.97. The monoisotopic (exact) mass is 357 g/mol. The molecule has 1 aliphatic rings. The van der Waals surface area contributed by atoms with Gasteiger partial charge in [-0.2, -0.15) is 18.2 Å². The van der Waals surface area contributed by atoms with E-state index in [1.807, 2.05) is 0 Å². The van der Waals surface area contributed by atoms with E-state index >= 15 is 0 Å². The van der Waals surface area contributed by atoms with E-state index in [0.717, 1.165) is 5.06 Å². The fourth-order valence-corrected chi connectivity index (χ4v) is 2.35. The number of H-pyrrole nitrogens is 1.